The molecule has 0 aromatic carbocycles. The van der Waals surface area contributed by atoms with Crippen LogP contribution in [0.15, 0.2) is 12.3 Å². The van der Waals surface area contributed by atoms with Gasteiger partial charge >= 0.3 is 6.09 Å². The van der Waals surface area contributed by atoms with E-state index >= 15 is 0 Å². The molecule has 1 aromatic rings. The largest absolute Gasteiger partial charge is 0.444 e. The Kier molecular flexibility index (Phi) is 5.68. The highest BCUT2D eigenvalue weighted by Crippen LogP contribution is 2.24. The Labute approximate surface area is 139 Å². The van der Waals surface area contributed by atoms with Crippen molar-refractivity contribution in [2.45, 2.75) is 70.7 Å². The van der Waals surface area contributed by atoms with Crippen molar-refractivity contribution in [2.75, 3.05) is 7.05 Å². The van der Waals surface area contributed by atoms with Crippen molar-refractivity contribution >= 4 is 6.09 Å². The molecule has 130 valence electrons. The van der Waals surface area contributed by atoms with Crippen LogP contribution in [0.3, 0.4) is 0 Å². The maximum Gasteiger partial charge on any atom is 0.410 e. The van der Waals surface area contributed by atoms with E-state index in [0.717, 1.165) is 32.2 Å². The Bertz CT molecular complexity index is 513. The third-order valence-corrected chi connectivity index (χ3v) is 4.42. The van der Waals surface area contributed by atoms with Gasteiger partial charge in [-0.05, 0) is 52.5 Å². The molecule has 1 aliphatic carbocycles. The van der Waals surface area contributed by atoms with Crippen LogP contribution in [0.5, 0.6) is 0 Å². The van der Waals surface area contributed by atoms with E-state index < -0.39 is 5.60 Å². The first kappa shape index (κ1) is 17.8. The van der Waals surface area contributed by atoms with Gasteiger partial charge in [-0.25, -0.2) is 4.79 Å². The summed E-state index contributed by atoms with van der Waals surface area (Å²) in [6.07, 6.45) is 5.79. The molecule has 0 aliphatic heterocycles. The summed E-state index contributed by atoms with van der Waals surface area (Å²) < 4.78 is 7.35. The molecule has 1 N–H and O–H groups in total. The van der Waals surface area contributed by atoms with E-state index in [2.05, 4.69) is 10.4 Å². The van der Waals surface area contributed by atoms with E-state index in [0.29, 0.717) is 6.04 Å². The van der Waals surface area contributed by atoms with Gasteiger partial charge in [-0.3, -0.25) is 4.68 Å². The number of carbonyl (C=O) groups excluding carboxylic acids is 1. The van der Waals surface area contributed by atoms with E-state index in [9.17, 15) is 4.79 Å². The molecular formula is C17H30N4O2. The number of rotatable bonds is 4. The summed E-state index contributed by atoms with van der Waals surface area (Å²) in [5, 5.41) is 7.78. The first-order valence-corrected chi connectivity index (χ1v) is 8.42. The van der Waals surface area contributed by atoms with Crippen molar-refractivity contribution in [3.63, 3.8) is 0 Å². The van der Waals surface area contributed by atoms with Crippen molar-refractivity contribution in [3.8, 4) is 0 Å². The van der Waals surface area contributed by atoms with Crippen LogP contribution in [-0.4, -0.2) is 45.5 Å². The molecule has 0 radical (unpaired) electrons. The first-order chi connectivity index (χ1) is 10.8. The minimum Gasteiger partial charge on any atom is -0.444 e. The summed E-state index contributed by atoms with van der Waals surface area (Å²) in [4.78, 5) is 13.9. The molecule has 1 aliphatic rings. The highest BCUT2D eigenvalue weighted by molar-refractivity contribution is 5.68. The van der Waals surface area contributed by atoms with E-state index in [4.69, 9.17) is 4.74 Å². The molecule has 0 atom stereocenters. The summed E-state index contributed by atoms with van der Waals surface area (Å²) in [5.41, 5.74) is 0.755. The van der Waals surface area contributed by atoms with E-state index in [1.165, 1.54) is 5.69 Å². The predicted molar refractivity (Wildman–Crippen MR) is 90.1 cm³/mol. The zero-order valence-electron chi connectivity index (χ0n) is 15.0. The van der Waals surface area contributed by atoms with Gasteiger partial charge in [0.25, 0.3) is 0 Å². The number of nitrogens with zero attached hydrogens (tertiary/aromatic N) is 3. The van der Waals surface area contributed by atoms with Crippen LogP contribution in [0, 0.1) is 0 Å². The number of aryl methyl sites for hydroxylation is 1. The number of hydrogen-bond acceptors (Lipinski definition) is 4. The van der Waals surface area contributed by atoms with Crippen molar-refractivity contribution in [1.82, 2.24) is 20.0 Å². The number of carbonyl (C=O) groups is 1. The number of ether oxygens (including phenoxy) is 1. The van der Waals surface area contributed by atoms with Gasteiger partial charge in [-0.1, -0.05) is 0 Å². The van der Waals surface area contributed by atoms with E-state index in [1.54, 1.807) is 4.90 Å². The molecule has 1 aromatic heterocycles. The lowest BCUT2D eigenvalue weighted by molar-refractivity contribution is 0.0179. The quantitative estimate of drug-likeness (QED) is 0.926. The van der Waals surface area contributed by atoms with Crippen molar-refractivity contribution < 1.29 is 9.53 Å². The van der Waals surface area contributed by atoms with Crippen LogP contribution in [0.25, 0.3) is 0 Å². The van der Waals surface area contributed by atoms with Gasteiger partial charge in [-0.15, -0.1) is 0 Å². The third-order valence-electron chi connectivity index (χ3n) is 4.42. The van der Waals surface area contributed by atoms with Gasteiger partial charge in [0.2, 0.25) is 0 Å². The molecule has 1 saturated carbocycles. The van der Waals surface area contributed by atoms with Gasteiger partial charge in [-0.2, -0.15) is 5.10 Å². The average molecular weight is 322 g/mol. The predicted octanol–water partition coefficient (Wildman–Crippen LogP) is 2.69. The van der Waals surface area contributed by atoms with Crippen LogP contribution in [0.1, 0.15) is 52.1 Å². The monoisotopic (exact) mass is 322 g/mol. The van der Waals surface area contributed by atoms with Crippen molar-refractivity contribution in [3.05, 3.63) is 18.0 Å². The molecule has 0 spiro atoms. The smallest absolute Gasteiger partial charge is 0.410 e. The molecule has 0 saturated heterocycles. The van der Waals surface area contributed by atoms with Crippen LogP contribution in [0.2, 0.25) is 0 Å². The van der Waals surface area contributed by atoms with Gasteiger partial charge in [0.1, 0.15) is 5.60 Å². The third kappa shape index (κ3) is 5.23. The fraction of sp³-hybridized carbons (Fsp3) is 0.765. The van der Waals surface area contributed by atoms with Gasteiger partial charge in [0.15, 0.2) is 0 Å². The summed E-state index contributed by atoms with van der Waals surface area (Å²) in [5.74, 6) is 0. The summed E-state index contributed by atoms with van der Waals surface area (Å²) in [6.45, 7) is 6.54. The molecule has 1 heterocycles. The lowest BCUT2D eigenvalue weighted by Gasteiger charge is -2.35. The molecular weight excluding hydrogens is 292 g/mol. The lowest BCUT2D eigenvalue weighted by Crippen LogP contribution is -2.45. The fourth-order valence-electron chi connectivity index (χ4n) is 2.97. The topological polar surface area (TPSA) is 59.4 Å². The molecule has 6 nitrogen and oxygen atoms in total. The Morgan fingerprint density at radius 1 is 1.39 bits per heavy atom. The van der Waals surface area contributed by atoms with Gasteiger partial charge < -0.3 is 15.0 Å². The first-order valence-electron chi connectivity index (χ1n) is 8.42. The molecule has 1 fully saturated rings. The second-order valence-corrected chi connectivity index (χ2v) is 7.42. The second kappa shape index (κ2) is 7.34. The van der Waals surface area contributed by atoms with Crippen LogP contribution < -0.4 is 5.32 Å². The Morgan fingerprint density at radius 3 is 2.57 bits per heavy atom. The van der Waals surface area contributed by atoms with Gasteiger partial charge in [0, 0.05) is 38.9 Å². The molecule has 2 rings (SSSR count). The van der Waals surface area contributed by atoms with Crippen LogP contribution in [0.4, 0.5) is 4.79 Å². The average Bonchev–Trinajstić information content (AvgIpc) is 2.88. The summed E-state index contributed by atoms with van der Waals surface area (Å²) in [6, 6.07) is 2.82. The van der Waals surface area contributed by atoms with Crippen molar-refractivity contribution in [1.29, 1.82) is 0 Å². The standard InChI is InChI=1S/C17H30N4O2/c1-17(2,3)23-16(22)20(4)14-8-6-13(7-9-14)18-12-15-10-11-19-21(15)5/h10-11,13-14,18H,6-9,12H2,1-5H3. The molecule has 0 unspecified atom stereocenters. The summed E-state index contributed by atoms with van der Waals surface area (Å²) >= 11 is 0. The zero-order valence-corrected chi connectivity index (χ0v) is 15.0. The number of nitrogens with one attached hydrogen (secondary N) is 1. The van der Waals surface area contributed by atoms with Crippen LogP contribution in [-0.2, 0) is 18.3 Å². The Hall–Kier alpha value is -1.56. The minimum absolute atomic E-state index is 0.219. The maximum atomic E-state index is 12.1. The SMILES string of the molecule is CN(C(=O)OC(C)(C)C)C1CCC(NCc2ccnn2C)CC1. The Balaban J connectivity index is 1.75. The number of aromatic nitrogens is 2. The van der Waals surface area contributed by atoms with E-state index in [1.807, 2.05) is 51.8 Å². The summed E-state index contributed by atoms with van der Waals surface area (Å²) in [7, 11) is 3.81. The maximum absolute atomic E-state index is 12.1. The number of hydrogen-bond donors (Lipinski definition) is 1. The fourth-order valence-corrected chi connectivity index (χ4v) is 2.97. The highest BCUT2D eigenvalue weighted by atomic mass is 16.6. The lowest BCUT2D eigenvalue weighted by atomic mass is 9.90. The minimum atomic E-state index is -0.437. The van der Waals surface area contributed by atoms with Gasteiger partial charge in [0.05, 0.1) is 5.69 Å². The normalized spacial score (nSPS) is 22.0. The molecule has 23 heavy (non-hydrogen) atoms. The van der Waals surface area contributed by atoms with E-state index in [-0.39, 0.29) is 12.1 Å². The second-order valence-electron chi connectivity index (χ2n) is 7.42. The Morgan fingerprint density at radius 2 is 2.04 bits per heavy atom. The zero-order chi connectivity index (χ0) is 17.0. The van der Waals surface area contributed by atoms with Crippen molar-refractivity contribution in [2.24, 2.45) is 7.05 Å². The molecule has 6 heteroatoms. The van der Waals surface area contributed by atoms with Crippen LogP contribution >= 0.6 is 0 Å². The number of amides is 1. The molecule has 1 amide bonds. The molecule has 0 bridgehead atoms. The highest BCUT2D eigenvalue weighted by Gasteiger charge is 2.29.